The molecule has 0 saturated carbocycles. The Morgan fingerprint density at radius 3 is 2.67 bits per heavy atom. The molecule has 18 heavy (non-hydrogen) atoms. The largest absolute Gasteiger partial charge is 0.326 e. The number of nitrogens with two attached hydrogens (primary N) is 1. The Morgan fingerprint density at radius 1 is 1.33 bits per heavy atom. The van der Waals surface area contributed by atoms with Gasteiger partial charge in [0.05, 0.1) is 0 Å². The minimum Gasteiger partial charge on any atom is -0.326 e. The van der Waals surface area contributed by atoms with Crippen molar-refractivity contribution in [3.05, 3.63) is 21.9 Å². The number of nitrogens with zero attached hydrogens (tertiary/aromatic N) is 2. The predicted molar refractivity (Wildman–Crippen MR) is 78.8 cm³/mol. The third-order valence-corrected chi connectivity index (χ3v) is 4.97. The van der Waals surface area contributed by atoms with Gasteiger partial charge in [-0.15, -0.1) is 11.3 Å². The monoisotopic (exact) mass is 267 g/mol. The summed E-state index contributed by atoms with van der Waals surface area (Å²) in [5.74, 6) is 0. The highest BCUT2D eigenvalue weighted by molar-refractivity contribution is 7.11. The zero-order valence-electron chi connectivity index (χ0n) is 11.6. The van der Waals surface area contributed by atoms with Crippen molar-refractivity contribution < 1.29 is 0 Å². The molecule has 1 aromatic rings. The Labute approximate surface area is 115 Å². The molecule has 4 heteroatoms. The zero-order chi connectivity index (χ0) is 13.0. The third-order valence-electron chi connectivity index (χ3n) is 3.87. The molecule has 2 N–H and O–H groups in total. The molecule has 0 bridgehead atoms. The minimum atomic E-state index is 0.673. The van der Waals surface area contributed by atoms with E-state index in [0.717, 1.165) is 12.6 Å². The average molecular weight is 267 g/mol. The topological polar surface area (TPSA) is 32.5 Å². The molecule has 1 aromatic heterocycles. The summed E-state index contributed by atoms with van der Waals surface area (Å²) in [6.45, 7) is 11.1. The molecular weight excluding hydrogens is 242 g/mol. The molecule has 0 spiro atoms. The van der Waals surface area contributed by atoms with Crippen LogP contribution in [0.4, 0.5) is 0 Å². The van der Waals surface area contributed by atoms with Crippen molar-refractivity contribution in [2.24, 2.45) is 5.73 Å². The highest BCUT2D eigenvalue weighted by atomic mass is 32.1. The SMILES string of the molecule is CCN(CC)C1CCN(Cc2ccc(CN)s2)C1. The summed E-state index contributed by atoms with van der Waals surface area (Å²) in [5, 5.41) is 0. The van der Waals surface area contributed by atoms with Crippen molar-refractivity contribution in [3.8, 4) is 0 Å². The first-order chi connectivity index (χ1) is 8.76. The maximum Gasteiger partial charge on any atom is 0.0328 e. The van der Waals surface area contributed by atoms with E-state index < -0.39 is 0 Å². The van der Waals surface area contributed by atoms with Crippen LogP contribution in [0.1, 0.15) is 30.0 Å². The second-order valence-corrected chi connectivity index (χ2v) is 6.22. The van der Waals surface area contributed by atoms with Crippen LogP contribution < -0.4 is 5.73 Å². The van der Waals surface area contributed by atoms with Gasteiger partial charge in [0.2, 0.25) is 0 Å². The predicted octanol–water partition coefficient (Wildman–Crippen LogP) is 2.12. The Morgan fingerprint density at radius 2 is 2.06 bits per heavy atom. The van der Waals surface area contributed by atoms with Crippen LogP contribution in [0.25, 0.3) is 0 Å². The summed E-state index contributed by atoms with van der Waals surface area (Å²) in [7, 11) is 0. The molecule has 1 atom stereocenters. The average Bonchev–Trinajstić information content (AvgIpc) is 3.01. The fourth-order valence-electron chi connectivity index (χ4n) is 2.83. The summed E-state index contributed by atoms with van der Waals surface area (Å²) in [4.78, 5) is 7.91. The molecule has 102 valence electrons. The van der Waals surface area contributed by atoms with Crippen LogP contribution in [0.3, 0.4) is 0 Å². The van der Waals surface area contributed by atoms with Crippen LogP contribution in [-0.4, -0.2) is 42.0 Å². The van der Waals surface area contributed by atoms with Crippen molar-refractivity contribution >= 4 is 11.3 Å². The van der Waals surface area contributed by atoms with E-state index in [1.807, 2.05) is 11.3 Å². The van der Waals surface area contributed by atoms with Crippen LogP contribution in [0, 0.1) is 0 Å². The van der Waals surface area contributed by atoms with E-state index in [0.29, 0.717) is 6.54 Å². The van der Waals surface area contributed by atoms with Gasteiger partial charge in [-0.25, -0.2) is 0 Å². The number of rotatable bonds is 6. The first-order valence-electron chi connectivity index (χ1n) is 7.00. The molecule has 2 rings (SSSR count). The molecule has 1 unspecified atom stereocenters. The second kappa shape index (κ2) is 6.66. The van der Waals surface area contributed by atoms with Gasteiger partial charge >= 0.3 is 0 Å². The van der Waals surface area contributed by atoms with Crippen LogP contribution in [0.15, 0.2) is 12.1 Å². The van der Waals surface area contributed by atoms with E-state index in [1.54, 1.807) is 0 Å². The molecule has 0 amide bonds. The number of hydrogen-bond donors (Lipinski definition) is 1. The first-order valence-corrected chi connectivity index (χ1v) is 7.82. The van der Waals surface area contributed by atoms with E-state index in [4.69, 9.17) is 5.73 Å². The number of hydrogen-bond acceptors (Lipinski definition) is 4. The highest BCUT2D eigenvalue weighted by Crippen LogP contribution is 2.22. The number of thiophene rings is 1. The molecule has 3 nitrogen and oxygen atoms in total. The van der Waals surface area contributed by atoms with Gasteiger partial charge in [-0.3, -0.25) is 9.80 Å². The fourth-order valence-corrected chi connectivity index (χ4v) is 3.77. The molecule has 1 aliphatic heterocycles. The van der Waals surface area contributed by atoms with E-state index in [1.165, 1.54) is 42.4 Å². The lowest BCUT2D eigenvalue weighted by atomic mass is 10.2. The minimum absolute atomic E-state index is 0.673. The van der Waals surface area contributed by atoms with Crippen molar-refractivity contribution in [1.29, 1.82) is 0 Å². The molecule has 2 heterocycles. The summed E-state index contributed by atoms with van der Waals surface area (Å²) >= 11 is 1.86. The maximum absolute atomic E-state index is 5.66. The quantitative estimate of drug-likeness (QED) is 0.857. The second-order valence-electron chi connectivity index (χ2n) is 4.97. The summed E-state index contributed by atoms with van der Waals surface area (Å²) in [5.41, 5.74) is 5.66. The van der Waals surface area contributed by atoms with Crippen molar-refractivity contribution in [3.63, 3.8) is 0 Å². The van der Waals surface area contributed by atoms with Crippen LogP contribution in [0.2, 0.25) is 0 Å². The lowest BCUT2D eigenvalue weighted by Gasteiger charge is -2.26. The van der Waals surface area contributed by atoms with Gasteiger partial charge in [0.25, 0.3) is 0 Å². The van der Waals surface area contributed by atoms with Gasteiger partial charge in [0, 0.05) is 42.0 Å². The normalized spacial score (nSPS) is 21.0. The number of likely N-dealkylation sites (N-methyl/N-ethyl adjacent to an activating group) is 1. The third kappa shape index (κ3) is 3.32. The van der Waals surface area contributed by atoms with Gasteiger partial charge in [-0.1, -0.05) is 13.8 Å². The zero-order valence-corrected chi connectivity index (χ0v) is 12.4. The molecule has 0 aliphatic carbocycles. The lowest BCUT2D eigenvalue weighted by molar-refractivity contribution is 0.209. The standard InChI is InChI=1S/C14H25N3S/c1-3-17(4-2)12-7-8-16(10-12)11-14-6-5-13(9-15)18-14/h5-6,12H,3-4,7-11,15H2,1-2H3. The summed E-state index contributed by atoms with van der Waals surface area (Å²) in [6.07, 6.45) is 1.32. The summed E-state index contributed by atoms with van der Waals surface area (Å²) in [6, 6.07) is 5.16. The van der Waals surface area contributed by atoms with Crippen molar-refractivity contribution in [1.82, 2.24) is 9.80 Å². The Balaban J connectivity index is 1.85. The molecule has 1 saturated heterocycles. The molecular formula is C14H25N3S. The van der Waals surface area contributed by atoms with Gasteiger partial charge in [0.1, 0.15) is 0 Å². The Kier molecular flexibility index (Phi) is 5.18. The molecule has 0 radical (unpaired) electrons. The van der Waals surface area contributed by atoms with Crippen LogP contribution in [-0.2, 0) is 13.1 Å². The van der Waals surface area contributed by atoms with Crippen LogP contribution >= 0.6 is 11.3 Å². The maximum atomic E-state index is 5.66. The van der Waals surface area contributed by atoms with E-state index in [-0.39, 0.29) is 0 Å². The van der Waals surface area contributed by atoms with E-state index >= 15 is 0 Å². The molecule has 0 aromatic carbocycles. The van der Waals surface area contributed by atoms with Crippen LogP contribution in [0.5, 0.6) is 0 Å². The highest BCUT2D eigenvalue weighted by Gasteiger charge is 2.26. The van der Waals surface area contributed by atoms with E-state index in [2.05, 4.69) is 35.8 Å². The molecule has 1 aliphatic rings. The van der Waals surface area contributed by atoms with Gasteiger partial charge in [0.15, 0.2) is 0 Å². The van der Waals surface area contributed by atoms with Crippen molar-refractivity contribution in [2.45, 2.75) is 39.4 Å². The van der Waals surface area contributed by atoms with Gasteiger partial charge in [-0.2, -0.15) is 0 Å². The Hall–Kier alpha value is -0.420. The fraction of sp³-hybridized carbons (Fsp3) is 0.714. The first kappa shape index (κ1) is 14.0. The van der Waals surface area contributed by atoms with E-state index in [9.17, 15) is 0 Å². The summed E-state index contributed by atoms with van der Waals surface area (Å²) < 4.78 is 0. The Bertz CT molecular complexity index is 360. The molecule has 1 fully saturated rings. The number of likely N-dealkylation sites (tertiary alicyclic amines) is 1. The van der Waals surface area contributed by atoms with Gasteiger partial charge < -0.3 is 5.73 Å². The van der Waals surface area contributed by atoms with Crippen molar-refractivity contribution in [2.75, 3.05) is 26.2 Å². The van der Waals surface area contributed by atoms with Gasteiger partial charge in [-0.05, 0) is 31.6 Å². The lowest BCUT2D eigenvalue weighted by Crippen LogP contribution is -2.37. The smallest absolute Gasteiger partial charge is 0.0328 e.